The van der Waals surface area contributed by atoms with Gasteiger partial charge in [0.05, 0.1) is 16.4 Å². The zero-order valence-corrected chi connectivity index (χ0v) is 14.8. The van der Waals surface area contributed by atoms with Crippen LogP contribution in [-0.4, -0.2) is 53.4 Å². The maximum atomic E-state index is 14.1. The van der Waals surface area contributed by atoms with Gasteiger partial charge in [-0.2, -0.15) is 0 Å². The summed E-state index contributed by atoms with van der Waals surface area (Å²) in [7, 11) is 2.54. The molecule has 0 saturated carbocycles. The molecule has 1 aliphatic rings. The highest BCUT2D eigenvalue weighted by Crippen LogP contribution is 2.32. The van der Waals surface area contributed by atoms with Crippen molar-refractivity contribution in [3.05, 3.63) is 28.5 Å². The first-order valence-electron chi connectivity index (χ1n) is 7.33. The van der Waals surface area contributed by atoms with Crippen LogP contribution in [0.15, 0.2) is 17.3 Å². The van der Waals surface area contributed by atoms with Crippen LogP contribution in [0.2, 0.25) is 5.02 Å². The number of hydrogen-bond donors (Lipinski definition) is 3. The number of rotatable bonds is 3. The van der Waals surface area contributed by atoms with Crippen molar-refractivity contribution >= 4 is 41.0 Å². The van der Waals surface area contributed by atoms with E-state index < -0.39 is 29.4 Å². The second kappa shape index (κ2) is 7.16. The molecule has 9 nitrogen and oxygen atoms in total. The molecular weight excluding hydrogens is 371 g/mol. The average molecular weight is 387 g/mol. The van der Waals surface area contributed by atoms with Gasteiger partial charge in [0.15, 0.2) is 0 Å². The van der Waals surface area contributed by atoms with Crippen molar-refractivity contribution in [1.29, 1.82) is 0 Å². The van der Waals surface area contributed by atoms with Crippen molar-refractivity contribution in [2.45, 2.75) is 18.9 Å². The van der Waals surface area contributed by atoms with E-state index >= 15 is 0 Å². The van der Waals surface area contributed by atoms with Crippen molar-refractivity contribution in [2.24, 2.45) is 5.16 Å². The van der Waals surface area contributed by atoms with E-state index in [1.165, 1.54) is 27.1 Å². The molecule has 2 rings (SSSR count). The Morgan fingerprint density at radius 1 is 1.38 bits per heavy atom. The molecule has 3 N–H and O–H groups in total. The predicted molar refractivity (Wildman–Crippen MR) is 90.9 cm³/mol. The fourth-order valence-corrected chi connectivity index (χ4v) is 2.38. The summed E-state index contributed by atoms with van der Waals surface area (Å²) in [5.41, 5.74) is -1.42. The van der Waals surface area contributed by atoms with Crippen molar-refractivity contribution < 1.29 is 28.7 Å². The summed E-state index contributed by atoms with van der Waals surface area (Å²) in [5.74, 6) is -2.05. The second-order valence-electron chi connectivity index (χ2n) is 5.70. The Hall–Kier alpha value is -2.88. The predicted octanol–water partition coefficient (Wildman–Crippen LogP) is 2.25. The van der Waals surface area contributed by atoms with E-state index in [0.29, 0.717) is 4.90 Å². The number of oxime groups is 1. The van der Waals surface area contributed by atoms with Crippen LogP contribution in [0.4, 0.5) is 19.7 Å². The van der Waals surface area contributed by atoms with E-state index in [4.69, 9.17) is 21.5 Å². The standard InChI is InChI=1S/C15H16ClFN4O5/c1-15(12(22)23)6-11(20-26-15)7-4-10(9(17)5-8(7)16)19-14(25)21(3)13(24)18-2/h4-5H,6H2,1-3H3,(H,18,24)(H,19,25)(H,22,23). The summed E-state index contributed by atoms with van der Waals surface area (Å²) >= 11 is 6.02. The number of nitrogens with one attached hydrogen (secondary N) is 2. The van der Waals surface area contributed by atoms with E-state index in [-0.39, 0.29) is 28.4 Å². The summed E-state index contributed by atoms with van der Waals surface area (Å²) in [5, 5.41) is 17.3. The first-order valence-corrected chi connectivity index (χ1v) is 7.71. The highest BCUT2D eigenvalue weighted by Gasteiger charge is 2.42. The van der Waals surface area contributed by atoms with Crippen LogP contribution in [0.3, 0.4) is 0 Å². The number of anilines is 1. The number of imide groups is 1. The van der Waals surface area contributed by atoms with Crippen LogP contribution in [0.5, 0.6) is 0 Å². The number of benzene rings is 1. The second-order valence-corrected chi connectivity index (χ2v) is 6.11. The van der Waals surface area contributed by atoms with E-state index in [9.17, 15) is 18.8 Å². The van der Waals surface area contributed by atoms with Gasteiger partial charge >= 0.3 is 18.0 Å². The van der Waals surface area contributed by atoms with Crippen molar-refractivity contribution in [1.82, 2.24) is 10.2 Å². The van der Waals surface area contributed by atoms with Gasteiger partial charge in [0, 0.05) is 26.1 Å². The average Bonchev–Trinajstić information content (AvgIpc) is 2.99. The maximum absolute atomic E-state index is 14.1. The summed E-state index contributed by atoms with van der Waals surface area (Å²) < 4.78 is 14.1. The number of carboxylic acid groups (broad SMARTS) is 1. The molecule has 1 unspecified atom stereocenters. The van der Waals surface area contributed by atoms with Crippen LogP contribution in [0, 0.1) is 5.82 Å². The van der Waals surface area contributed by atoms with Crippen LogP contribution < -0.4 is 10.6 Å². The molecule has 26 heavy (non-hydrogen) atoms. The molecule has 1 aliphatic heterocycles. The molecule has 1 aromatic carbocycles. The number of carboxylic acids is 1. The Kier molecular flexibility index (Phi) is 5.36. The Morgan fingerprint density at radius 3 is 2.58 bits per heavy atom. The molecule has 0 saturated heterocycles. The van der Waals surface area contributed by atoms with Gasteiger partial charge in [0.1, 0.15) is 5.82 Å². The molecule has 11 heteroatoms. The molecule has 0 spiro atoms. The highest BCUT2D eigenvalue weighted by atomic mass is 35.5. The lowest BCUT2D eigenvalue weighted by Crippen LogP contribution is -2.41. The van der Waals surface area contributed by atoms with Crippen LogP contribution >= 0.6 is 11.6 Å². The van der Waals surface area contributed by atoms with Crippen LogP contribution in [-0.2, 0) is 9.63 Å². The normalized spacial score (nSPS) is 18.6. The summed E-state index contributed by atoms with van der Waals surface area (Å²) in [6.07, 6.45) is -0.0980. The lowest BCUT2D eigenvalue weighted by atomic mass is 9.96. The first-order chi connectivity index (χ1) is 12.1. The topological polar surface area (TPSA) is 120 Å². The minimum absolute atomic E-state index is 0.0304. The van der Waals surface area contributed by atoms with Crippen molar-refractivity contribution in [3.8, 4) is 0 Å². The molecule has 1 heterocycles. The van der Waals surface area contributed by atoms with Gasteiger partial charge in [0.2, 0.25) is 5.60 Å². The molecular formula is C15H16ClFN4O5. The molecule has 0 fully saturated rings. The van der Waals surface area contributed by atoms with Gasteiger partial charge < -0.3 is 20.6 Å². The summed E-state index contributed by atoms with van der Waals surface area (Å²) in [6, 6.07) is 0.577. The van der Waals surface area contributed by atoms with Gasteiger partial charge in [-0.15, -0.1) is 0 Å². The number of amides is 4. The fourth-order valence-electron chi connectivity index (χ4n) is 2.12. The number of halogens is 2. The van der Waals surface area contributed by atoms with Crippen molar-refractivity contribution in [3.63, 3.8) is 0 Å². The molecule has 0 bridgehead atoms. The Bertz CT molecular complexity index is 815. The molecule has 0 aliphatic carbocycles. The smallest absolute Gasteiger partial charge is 0.351 e. The van der Waals surface area contributed by atoms with Gasteiger partial charge in [-0.1, -0.05) is 16.8 Å². The quantitative estimate of drug-likeness (QED) is 0.735. The SMILES string of the molecule is CNC(=O)N(C)C(=O)Nc1cc(C2=NOC(C)(C(=O)O)C2)c(Cl)cc1F. The van der Waals surface area contributed by atoms with Crippen molar-refractivity contribution in [2.75, 3.05) is 19.4 Å². The molecule has 0 radical (unpaired) electrons. The third kappa shape index (κ3) is 3.69. The molecule has 140 valence electrons. The van der Waals surface area contributed by atoms with Gasteiger partial charge in [-0.3, -0.25) is 0 Å². The molecule has 1 atom stereocenters. The zero-order chi connectivity index (χ0) is 19.6. The van der Waals surface area contributed by atoms with E-state index in [1.54, 1.807) is 0 Å². The third-order valence-electron chi connectivity index (χ3n) is 3.75. The third-order valence-corrected chi connectivity index (χ3v) is 4.06. The number of urea groups is 2. The highest BCUT2D eigenvalue weighted by molar-refractivity contribution is 6.34. The molecule has 1 aromatic rings. The van der Waals surface area contributed by atoms with Gasteiger partial charge in [0.25, 0.3) is 0 Å². The summed E-state index contributed by atoms with van der Waals surface area (Å²) in [6.45, 7) is 1.34. The number of hydrogen-bond acceptors (Lipinski definition) is 5. The minimum Gasteiger partial charge on any atom is -0.478 e. The minimum atomic E-state index is -1.56. The maximum Gasteiger partial charge on any atom is 0.351 e. The molecule has 0 aromatic heterocycles. The Balaban J connectivity index is 2.29. The molecule has 4 amide bonds. The summed E-state index contributed by atoms with van der Waals surface area (Å²) in [4.78, 5) is 40.3. The fraction of sp³-hybridized carbons (Fsp3) is 0.333. The number of nitrogens with zero attached hydrogens (tertiary/aromatic N) is 2. The van der Waals surface area contributed by atoms with E-state index in [0.717, 1.165) is 6.07 Å². The lowest BCUT2D eigenvalue weighted by Gasteiger charge is -2.17. The zero-order valence-electron chi connectivity index (χ0n) is 14.1. The largest absolute Gasteiger partial charge is 0.478 e. The monoisotopic (exact) mass is 386 g/mol. The number of carbonyl (C=O) groups is 3. The van der Waals surface area contributed by atoms with Gasteiger partial charge in [-0.05, 0) is 19.1 Å². The Morgan fingerprint density at radius 2 is 2.04 bits per heavy atom. The Labute approximate surface area is 152 Å². The number of aliphatic carboxylic acids is 1. The lowest BCUT2D eigenvalue weighted by molar-refractivity contribution is -0.160. The van der Waals surface area contributed by atoms with Crippen LogP contribution in [0.25, 0.3) is 0 Å². The van der Waals surface area contributed by atoms with E-state index in [2.05, 4.69) is 15.8 Å². The first kappa shape index (κ1) is 19.4. The van der Waals surface area contributed by atoms with E-state index in [1.807, 2.05) is 0 Å². The van der Waals surface area contributed by atoms with Gasteiger partial charge in [-0.25, -0.2) is 23.7 Å². The van der Waals surface area contributed by atoms with Crippen LogP contribution in [0.1, 0.15) is 18.9 Å². The number of carbonyl (C=O) groups excluding carboxylic acids is 2.